The second-order valence-electron chi connectivity index (χ2n) is 6.70. The van der Waals surface area contributed by atoms with Crippen molar-refractivity contribution in [2.75, 3.05) is 12.1 Å². The molecule has 5 rings (SSSR count). The van der Waals surface area contributed by atoms with E-state index >= 15 is 0 Å². The maximum Gasteiger partial charge on any atom is 0.259 e. The molecule has 0 bridgehead atoms. The van der Waals surface area contributed by atoms with Gasteiger partial charge in [0.15, 0.2) is 11.5 Å². The average molecular weight is 401 g/mol. The number of carbonyl (C=O) groups is 1. The molecule has 7 heteroatoms. The first-order valence-electron chi connectivity index (χ1n) is 9.29. The number of aromatic nitrogens is 2. The highest BCUT2D eigenvalue weighted by Crippen LogP contribution is 2.34. The molecule has 1 N–H and O–H groups in total. The third-order valence-electron chi connectivity index (χ3n) is 4.73. The van der Waals surface area contributed by atoms with Crippen LogP contribution in [0.3, 0.4) is 0 Å². The highest BCUT2D eigenvalue weighted by Gasteiger charge is 2.20. The van der Waals surface area contributed by atoms with E-state index < -0.39 is 0 Å². The van der Waals surface area contributed by atoms with Gasteiger partial charge in [0.05, 0.1) is 11.3 Å². The van der Waals surface area contributed by atoms with E-state index in [0.717, 1.165) is 5.69 Å². The number of fused-ring (bicyclic) bond motifs is 1. The van der Waals surface area contributed by atoms with Gasteiger partial charge in [0.1, 0.15) is 11.5 Å². The van der Waals surface area contributed by atoms with Crippen LogP contribution in [0.25, 0.3) is 16.9 Å². The molecule has 1 aliphatic rings. The number of rotatable bonds is 4. The fourth-order valence-electron chi connectivity index (χ4n) is 3.25. The number of ether oxygens (including phenoxy) is 2. The zero-order valence-corrected chi connectivity index (χ0v) is 15.7. The van der Waals surface area contributed by atoms with E-state index in [1.54, 1.807) is 41.2 Å². The number of benzene rings is 3. The molecular weight excluding hydrogens is 385 g/mol. The number of para-hydroxylation sites is 1. The van der Waals surface area contributed by atoms with Crippen LogP contribution in [0.1, 0.15) is 10.4 Å². The lowest BCUT2D eigenvalue weighted by Gasteiger charge is -2.06. The second kappa shape index (κ2) is 7.36. The zero-order chi connectivity index (χ0) is 20.5. The molecule has 0 saturated heterocycles. The Labute approximate surface area is 171 Å². The molecule has 1 amide bonds. The summed E-state index contributed by atoms with van der Waals surface area (Å²) in [4.78, 5) is 13.1. The quantitative estimate of drug-likeness (QED) is 0.540. The first-order valence-corrected chi connectivity index (χ1v) is 9.29. The largest absolute Gasteiger partial charge is 0.454 e. The van der Waals surface area contributed by atoms with Crippen molar-refractivity contribution < 1.29 is 18.7 Å². The van der Waals surface area contributed by atoms with E-state index in [-0.39, 0.29) is 18.5 Å². The Morgan fingerprint density at radius 3 is 2.53 bits per heavy atom. The summed E-state index contributed by atoms with van der Waals surface area (Å²) in [6.45, 7) is 0.158. The smallest absolute Gasteiger partial charge is 0.259 e. The standard InChI is InChI=1S/C23H16FN3O3/c24-16-8-6-15(7-9-16)22-19(13-27(26-22)18-4-2-1-3-5-18)23(28)25-17-10-11-20-21(12-17)30-14-29-20/h1-13H,14H2,(H,25,28). The van der Waals surface area contributed by atoms with Crippen molar-refractivity contribution in [2.45, 2.75) is 0 Å². The van der Waals surface area contributed by atoms with Crippen LogP contribution in [0.4, 0.5) is 10.1 Å². The average Bonchev–Trinajstić information content (AvgIpc) is 3.42. The topological polar surface area (TPSA) is 65.4 Å². The Bertz CT molecular complexity index is 1220. The lowest BCUT2D eigenvalue weighted by atomic mass is 10.1. The molecule has 30 heavy (non-hydrogen) atoms. The maximum atomic E-state index is 13.4. The van der Waals surface area contributed by atoms with Gasteiger partial charge in [-0.1, -0.05) is 18.2 Å². The van der Waals surface area contributed by atoms with Gasteiger partial charge >= 0.3 is 0 Å². The zero-order valence-electron chi connectivity index (χ0n) is 15.7. The summed E-state index contributed by atoms with van der Waals surface area (Å²) in [5.74, 6) is 0.520. The van der Waals surface area contributed by atoms with Crippen LogP contribution >= 0.6 is 0 Å². The van der Waals surface area contributed by atoms with Gasteiger partial charge in [0.2, 0.25) is 6.79 Å². The van der Waals surface area contributed by atoms with E-state index in [1.165, 1.54) is 12.1 Å². The molecule has 0 saturated carbocycles. The van der Waals surface area contributed by atoms with E-state index in [4.69, 9.17) is 9.47 Å². The number of nitrogens with one attached hydrogen (secondary N) is 1. The molecule has 3 aromatic carbocycles. The molecule has 4 aromatic rings. The third-order valence-corrected chi connectivity index (χ3v) is 4.73. The summed E-state index contributed by atoms with van der Waals surface area (Å²) in [6.07, 6.45) is 1.66. The van der Waals surface area contributed by atoms with E-state index in [9.17, 15) is 9.18 Å². The van der Waals surface area contributed by atoms with Crippen LogP contribution in [-0.2, 0) is 0 Å². The molecule has 1 aromatic heterocycles. The van der Waals surface area contributed by atoms with Gasteiger partial charge in [0, 0.05) is 23.5 Å². The number of hydrogen-bond donors (Lipinski definition) is 1. The van der Waals surface area contributed by atoms with Crippen molar-refractivity contribution in [3.05, 3.63) is 90.4 Å². The number of halogens is 1. The summed E-state index contributed by atoms with van der Waals surface area (Å²) >= 11 is 0. The van der Waals surface area contributed by atoms with Crippen LogP contribution in [0.2, 0.25) is 0 Å². The molecule has 148 valence electrons. The Morgan fingerprint density at radius 1 is 0.967 bits per heavy atom. The lowest BCUT2D eigenvalue weighted by Crippen LogP contribution is -2.12. The minimum absolute atomic E-state index is 0.158. The minimum Gasteiger partial charge on any atom is -0.454 e. The van der Waals surface area contributed by atoms with Gasteiger partial charge in [-0.25, -0.2) is 9.07 Å². The number of anilines is 1. The van der Waals surface area contributed by atoms with Crippen LogP contribution in [-0.4, -0.2) is 22.5 Å². The molecular formula is C23H16FN3O3. The Hall–Kier alpha value is -4.13. The van der Waals surface area contributed by atoms with E-state index in [0.29, 0.717) is 34.0 Å². The molecule has 0 aliphatic carbocycles. The van der Waals surface area contributed by atoms with Gasteiger partial charge in [0.25, 0.3) is 5.91 Å². The van der Waals surface area contributed by atoms with Crippen LogP contribution < -0.4 is 14.8 Å². The maximum absolute atomic E-state index is 13.4. The predicted molar refractivity (Wildman–Crippen MR) is 109 cm³/mol. The van der Waals surface area contributed by atoms with Crippen LogP contribution in [0.15, 0.2) is 79.0 Å². The van der Waals surface area contributed by atoms with Crippen molar-refractivity contribution in [1.82, 2.24) is 9.78 Å². The van der Waals surface area contributed by atoms with Crippen LogP contribution in [0.5, 0.6) is 11.5 Å². The molecule has 6 nitrogen and oxygen atoms in total. The van der Waals surface area contributed by atoms with Crippen LogP contribution in [0, 0.1) is 5.82 Å². The van der Waals surface area contributed by atoms with Crippen molar-refractivity contribution in [3.8, 4) is 28.4 Å². The summed E-state index contributed by atoms with van der Waals surface area (Å²) < 4.78 is 25.7. The van der Waals surface area contributed by atoms with Crippen molar-refractivity contribution >= 4 is 11.6 Å². The number of hydrogen-bond acceptors (Lipinski definition) is 4. The molecule has 2 heterocycles. The third kappa shape index (κ3) is 3.37. The SMILES string of the molecule is O=C(Nc1ccc2c(c1)OCO2)c1cn(-c2ccccc2)nc1-c1ccc(F)cc1. The van der Waals surface area contributed by atoms with Crippen molar-refractivity contribution in [1.29, 1.82) is 0 Å². The monoisotopic (exact) mass is 401 g/mol. The summed E-state index contributed by atoms with van der Waals surface area (Å²) in [5, 5.41) is 7.46. The summed E-state index contributed by atoms with van der Waals surface area (Å²) in [5.41, 5.74) is 2.84. The summed E-state index contributed by atoms with van der Waals surface area (Å²) in [7, 11) is 0. The van der Waals surface area contributed by atoms with E-state index in [2.05, 4.69) is 10.4 Å². The Balaban J connectivity index is 1.53. The molecule has 0 fully saturated rings. The Kier molecular flexibility index (Phi) is 4.40. The van der Waals surface area contributed by atoms with Crippen molar-refractivity contribution in [3.63, 3.8) is 0 Å². The van der Waals surface area contributed by atoms with Gasteiger partial charge in [-0.15, -0.1) is 0 Å². The molecule has 0 unspecified atom stereocenters. The molecule has 0 radical (unpaired) electrons. The molecule has 0 spiro atoms. The minimum atomic E-state index is -0.354. The number of carbonyl (C=O) groups excluding carboxylic acids is 1. The van der Waals surface area contributed by atoms with Gasteiger partial charge < -0.3 is 14.8 Å². The fourth-order valence-corrected chi connectivity index (χ4v) is 3.25. The lowest BCUT2D eigenvalue weighted by molar-refractivity contribution is 0.102. The van der Waals surface area contributed by atoms with Crippen molar-refractivity contribution in [2.24, 2.45) is 0 Å². The second-order valence-corrected chi connectivity index (χ2v) is 6.70. The first kappa shape index (κ1) is 17.9. The number of nitrogens with zero attached hydrogens (tertiary/aromatic N) is 2. The highest BCUT2D eigenvalue weighted by atomic mass is 19.1. The van der Waals surface area contributed by atoms with Gasteiger partial charge in [-0.3, -0.25) is 4.79 Å². The molecule has 1 aliphatic heterocycles. The number of amides is 1. The highest BCUT2D eigenvalue weighted by molar-refractivity contribution is 6.08. The summed E-state index contributed by atoms with van der Waals surface area (Å²) in [6, 6.07) is 20.5. The first-order chi connectivity index (χ1) is 14.7. The predicted octanol–water partition coefficient (Wildman–Crippen LogP) is 4.66. The normalized spacial score (nSPS) is 12.0. The van der Waals surface area contributed by atoms with E-state index in [1.807, 2.05) is 30.3 Å². The Morgan fingerprint density at radius 2 is 1.73 bits per heavy atom. The van der Waals surface area contributed by atoms with Gasteiger partial charge in [-0.2, -0.15) is 5.10 Å². The fraction of sp³-hybridized carbons (Fsp3) is 0.0435. The molecule has 0 atom stereocenters. The van der Waals surface area contributed by atoms with Gasteiger partial charge in [-0.05, 0) is 48.5 Å².